The molecular formula is C17H24F11I. The zero-order valence-electron chi connectivity index (χ0n) is 15.8. The van der Waals surface area contributed by atoms with E-state index in [1.54, 1.807) is 0 Å². The Bertz CT molecular complexity index is 488. The van der Waals surface area contributed by atoms with Gasteiger partial charge in [0.2, 0.25) is 0 Å². The number of rotatable bonds is 13. The Morgan fingerprint density at radius 1 is 0.621 bits per heavy atom. The molecule has 0 aliphatic carbocycles. The molecule has 176 valence electrons. The van der Waals surface area contributed by atoms with E-state index >= 15 is 0 Å². The maximum Gasteiger partial charge on any atom is 0.460 e. The standard InChI is InChI=1S/C17H24F11I/c1-3-4-5-6-7-8-9-10-12(29)11(2)13(18,19)14(20,21)15(22,23)16(24,25)17(26,27)28/h11-12H,3-10H2,1-2H3. The van der Waals surface area contributed by atoms with Crippen molar-refractivity contribution in [3.8, 4) is 0 Å². The highest BCUT2D eigenvalue weighted by molar-refractivity contribution is 14.1. The molecule has 0 bridgehead atoms. The van der Waals surface area contributed by atoms with Gasteiger partial charge in [0.25, 0.3) is 0 Å². The fraction of sp³-hybridized carbons (Fsp3) is 1.00. The molecule has 2 atom stereocenters. The Morgan fingerprint density at radius 3 is 1.45 bits per heavy atom. The summed E-state index contributed by atoms with van der Waals surface area (Å²) in [6, 6.07) is 0. The van der Waals surface area contributed by atoms with Crippen LogP contribution in [0.1, 0.15) is 65.2 Å². The van der Waals surface area contributed by atoms with Crippen molar-refractivity contribution < 1.29 is 48.3 Å². The minimum Gasteiger partial charge on any atom is -0.199 e. The van der Waals surface area contributed by atoms with Gasteiger partial charge < -0.3 is 0 Å². The molecule has 29 heavy (non-hydrogen) atoms. The van der Waals surface area contributed by atoms with Crippen molar-refractivity contribution in [2.24, 2.45) is 5.92 Å². The van der Waals surface area contributed by atoms with E-state index in [9.17, 15) is 48.3 Å². The van der Waals surface area contributed by atoms with E-state index in [1.807, 2.05) is 6.92 Å². The molecule has 12 heteroatoms. The average Bonchev–Trinajstić information content (AvgIpc) is 2.58. The van der Waals surface area contributed by atoms with Gasteiger partial charge in [-0.05, 0) is 6.42 Å². The van der Waals surface area contributed by atoms with E-state index in [2.05, 4.69) is 0 Å². The minimum atomic E-state index is -7.33. The van der Waals surface area contributed by atoms with Crippen LogP contribution in [0.4, 0.5) is 48.3 Å². The van der Waals surface area contributed by atoms with Gasteiger partial charge in [-0.2, -0.15) is 48.3 Å². The van der Waals surface area contributed by atoms with E-state index in [0.29, 0.717) is 19.8 Å². The van der Waals surface area contributed by atoms with Crippen molar-refractivity contribution in [1.82, 2.24) is 0 Å². The third kappa shape index (κ3) is 6.24. The number of hydrogen-bond donors (Lipinski definition) is 0. The van der Waals surface area contributed by atoms with Gasteiger partial charge in [-0.25, -0.2) is 0 Å². The van der Waals surface area contributed by atoms with Crippen molar-refractivity contribution in [2.75, 3.05) is 0 Å². The molecule has 0 saturated heterocycles. The van der Waals surface area contributed by atoms with Crippen LogP contribution in [0.15, 0.2) is 0 Å². The summed E-state index contributed by atoms with van der Waals surface area (Å²) in [4.78, 5) is 0. The van der Waals surface area contributed by atoms with Crippen LogP contribution in [0, 0.1) is 5.92 Å². The van der Waals surface area contributed by atoms with Crippen LogP contribution in [-0.4, -0.2) is 33.8 Å². The summed E-state index contributed by atoms with van der Waals surface area (Å²) >= 11 is 1.30. The molecule has 2 unspecified atom stereocenters. The summed E-state index contributed by atoms with van der Waals surface area (Å²) in [5, 5.41) is 0. The molecule has 0 rings (SSSR count). The molecule has 0 fully saturated rings. The smallest absolute Gasteiger partial charge is 0.199 e. The van der Waals surface area contributed by atoms with Crippen molar-refractivity contribution in [3.05, 3.63) is 0 Å². The Hall–Kier alpha value is -0.0400. The molecule has 0 aromatic carbocycles. The number of hydrogen-bond acceptors (Lipinski definition) is 0. The zero-order valence-corrected chi connectivity index (χ0v) is 18.0. The van der Waals surface area contributed by atoms with Crippen LogP contribution >= 0.6 is 22.6 Å². The normalized spacial score (nSPS) is 16.8. The molecule has 0 saturated carbocycles. The van der Waals surface area contributed by atoms with Crippen molar-refractivity contribution in [1.29, 1.82) is 0 Å². The van der Waals surface area contributed by atoms with Gasteiger partial charge in [0, 0.05) is 9.84 Å². The second kappa shape index (κ2) is 10.5. The van der Waals surface area contributed by atoms with E-state index in [1.165, 1.54) is 22.6 Å². The lowest BCUT2D eigenvalue weighted by Gasteiger charge is -2.40. The van der Waals surface area contributed by atoms with Gasteiger partial charge >= 0.3 is 29.9 Å². The SMILES string of the molecule is CCCCCCCCCC(I)C(C)C(F)(F)C(F)(F)C(F)(F)C(F)(F)C(F)(F)F. The lowest BCUT2D eigenvalue weighted by atomic mass is 9.87. The Kier molecular flexibility index (Phi) is 10.5. The third-order valence-corrected chi connectivity index (χ3v) is 6.46. The fourth-order valence-electron chi connectivity index (χ4n) is 2.64. The van der Waals surface area contributed by atoms with Crippen molar-refractivity contribution in [3.63, 3.8) is 0 Å². The van der Waals surface area contributed by atoms with E-state index in [0.717, 1.165) is 32.1 Å². The van der Waals surface area contributed by atoms with Crippen molar-refractivity contribution >= 4 is 22.6 Å². The Balaban J connectivity index is 5.18. The minimum absolute atomic E-state index is 0.0948. The second-order valence-corrected chi connectivity index (χ2v) is 8.66. The van der Waals surface area contributed by atoms with Gasteiger partial charge in [-0.3, -0.25) is 0 Å². The molecule has 0 amide bonds. The van der Waals surface area contributed by atoms with Gasteiger partial charge in [0.05, 0.1) is 0 Å². The first-order valence-corrected chi connectivity index (χ1v) is 10.4. The van der Waals surface area contributed by atoms with Crippen LogP contribution in [0.5, 0.6) is 0 Å². The first-order chi connectivity index (χ1) is 12.9. The molecule has 0 N–H and O–H groups in total. The molecule has 0 aliphatic rings. The van der Waals surface area contributed by atoms with Gasteiger partial charge in [-0.15, -0.1) is 0 Å². The monoisotopic (exact) mass is 564 g/mol. The van der Waals surface area contributed by atoms with Crippen LogP contribution in [0.2, 0.25) is 0 Å². The maximum absolute atomic E-state index is 14.0. The summed E-state index contributed by atoms with van der Waals surface area (Å²) in [6.45, 7) is 2.44. The lowest BCUT2D eigenvalue weighted by molar-refractivity contribution is -0.426. The molecule has 0 radical (unpaired) electrons. The molecular weight excluding hydrogens is 540 g/mol. The molecule has 0 nitrogen and oxygen atoms in total. The summed E-state index contributed by atoms with van der Waals surface area (Å²) in [5.41, 5.74) is 0. The molecule has 0 aromatic rings. The molecule has 0 aromatic heterocycles. The van der Waals surface area contributed by atoms with E-state index in [4.69, 9.17) is 0 Å². The summed E-state index contributed by atoms with van der Waals surface area (Å²) in [5.74, 6) is -29.9. The van der Waals surface area contributed by atoms with Gasteiger partial charge in [0.15, 0.2) is 0 Å². The zero-order chi connectivity index (χ0) is 23.3. The van der Waals surface area contributed by atoms with Gasteiger partial charge in [-0.1, -0.05) is 81.4 Å². The number of halogens is 12. The summed E-state index contributed by atoms with van der Waals surface area (Å²) < 4.78 is 143. The highest BCUT2D eigenvalue weighted by Gasteiger charge is 2.87. The van der Waals surface area contributed by atoms with E-state index < -0.39 is 39.7 Å². The largest absolute Gasteiger partial charge is 0.460 e. The first kappa shape index (κ1) is 29.0. The van der Waals surface area contributed by atoms with Gasteiger partial charge in [0.1, 0.15) is 0 Å². The van der Waals surface area contributed by atoms with Crippen LogP contribution < -0.4 is 0 Å². The van der Waals surface area contributed by atoms with E-state index in [-0.39, 0.29) is 6.42 Å². The highest BCUT2D eigenvalue weighted by atomic mass is 127. The predicted octanol–water partition coefficient (Wildman–Crippen LogP) is 8.67. The first-order valence-electron chi connectivity index (χ1n) is 9.11. The molecule has 0 aliphatic heterocycles. The molecule has 0 spiro atoms. The van der Waals surface area contributed by atoms with Crippen molar-refractivity contribution in [2.45, 2.75) is 99.0 Å². The maximum atomic E-state index is 14.0. The fourth-order valence-corrected chi connectivity index (χ4v) is 3.54. The van der Waals surface area contributed by atoms with Crippen LogP contribution in [0.3, 0.4) is 0 Å². The quantitative estimate of drug-likeness (QED) is 0.0910. The Morgan fingerprint density at radius 2 is 1.03 bits per heavy atom. The number of alkyl halides is 12. The highest BCUT2D eigenvalue weighted by Crippen LogP contribution is 2.59. The van der Waals surface area contributed by atoms with Crippen LogP contribution in [0.25, 0.3) is 0 Å². The lowest BCUT2D eigenvalue weighted by Crippen LogP contribution is -2.68. The summed E-state index contributed by atoms with van der Waals surface area (Å²) in [6.07, 6.45) is -1.72. The Labute approximate surface area is 176 Å². The average molecular weight is 564 g/mol. The van der Waals surface area contributed by atoms with Crippen LogP contribution in [-0.2, 0) is 0 Å². The second-order valence-electron chi connectivity index (χ2n) is 7.06. The third-order valence-electron chi connectivity index (χ3n) is 4.76. The predicted molar refractivity (Wildman–Crippen MR) is 95.4 cm³/mol. The summed E-state index contributed by atoms with van der Waals surface area (Å²) in [7, 11) is 0. The number of unbranched alkanes of at least 4 members (excludes halogenated alkanes) is 6. The molecule has 0 heterocycles. The topological polar surface area (TPSA) is 0 Å².